The molecular formula is C17H25FN4O4S. The number of rotatable bonds is 6. The summed E-state index contributed by atoms with van der Waals surface area (Å²) in [6.07, 6.45) is 1.23. The Bertz CT molecular complexity index is 760. The van der Waals surface area contributed by atoms with Crippen LogP contribution in [0.5, 0.6) is 0 Å². The lowest BCUT2D eigenvalue weighted by Gasteiger charge is -2.32. The zero-order chi connectivity index (χ0) is 20.0. The van der Waals surface area contributed by atoms with Crippen molar-refractivity contribution in [3.8, 4) is 0 Å². The molecule has 2 N–H and O–H groups in total. The quantitative estimate of drug-likeness (QED) is 0.661. The SMILES string of the molecule is CN(C)S(=O)(=O)N1CCC(CNC(=O)C(=O)NCc2ccc(F)cc2)CC1. The molecule has 2 rings (SSSR count). The molecule has 0 unspecified atom stereocenters. The number of carbonyl (C=O) groups is 2. The Kier molecular flexibility index (Phi) is 7.28. The molecule has 0 aromatic heterocycles. The number of hydrogen-bond acceptors (Lipinski definition) is 4. The van der Waals surface area contributed by atoms with Gasteiger partial charge in [-0.1, -0.05) is 12.1 Å². The monoisotopic (exact) mass is 400 g/mol. The average molecular weight is 400 g/mol. The first kappa shape index (κ1) is 21.3. The van der Waals surface area contributed by atoms with Gasteiger partial charge in [0.25, 0.3) is 10.2 Å². The van der Waals surface area contributed by atoms with Crippen LogP contribution >= 0.6 is 0 Å². The average Bonchev–Trinajstić information content (AvgIpc) is 2.65. The summed E-state index contributed by atoms with van der Waals surface area (Å²) < 4.78 is 39.6. The van der Waals surface area contributed by atoms with E-state index < -0.39 is 22.0 Å². The van der Waals surface area contributed by atoms with Gasteiger partial charge in [-0.05, 0) is 36.5 Å². The molecule has 1 heterocycles. The number of nitrogens with one attached hydrogen (secondary N) is 2. The standard InChI is InChI=1S/C17H25FN4O4S/c1-21(2)27(25,26)22-9-7-14(8-10-22)12-20-17(24)16(23)19-11-13-3-5-15(18)6-4-13/h3-6,14H,7-12H2,1-2H3,(H,19,23)(H,20,24). The van der Waals surface area contributed by atoms with Crippen molar-refractivity contribution in [3.63, 3.8) is 0 Å². The molecule has 1 aliphatic heterocycles. The minimum absolute atomic E-state index is 0.118. The van der Waals surface area contributed by atoms with Crippen molar-refractivity contribution in [2.75, 3.05) is 33.7 Å². The van der Waals surface area contributed by atoms with Gasteiger partial charge in [0, 0.05) is 40.3 Å². The Morgan fingerprint density at radius 2 is 1.67 bits per heavy atom. The van der Waals surface area contributed by atoms with Gasteiger partial charge >= 0.3 is 11.8 Å². The summed E-state index contributed by atoms with van der Waals surface area (Å²) in [4.78, 5) is 23.7. The van der Waals surface area contributed by atoms with Crippen LogP contribution in [0.2, 0.25) is 0 Å². The van der Waals surface area contributed by atoms with Crippen molar-refractivity contribution in [1.82, 2.24) is 19.2 Å². The van der Waals surface area contributed by atoms with Crippen LogP contribution in [0.1, 0.15) is 18.4 Å². The lowest BCUT2D eigenvalue weighted by molar-refractivity contribution is -0.139. The molecule has 27 heavy (non-hydrogen) atoms. The van der Waals surface area contributed by atoms with Gasteiger partial charge in [0.15, 0.2) is 0 Å². The maximum atomic E-state index is 12.8. The number of nitrogens with zero attached hydrogens (tertiary/aromatic N) is 2. The second-order valence-corrected chi connectivity index (χ2v) is 8.79. The molecule has 1 saturated heterocycles. The van der Waals surface area contributed by atoms with Crippen molar-refractivity contribution in [2.24, 2.45) is 5.92 Å². The van der Waals surface area contributed by atoms with E-state index in [1.165, 1.54) is 47.0 Å². The molecule has 1 aromatic carbocycles. The number of benzene rings is 1. The Balaban J connectivity index is 1.71. The fourth-order valence-electron chi connectivity index (χ4n) is 2.76. The van der Waals surface area contributed by atoms with Crippen LogP contribution in [0, 0.1) is 11.7 Å². The van der Waals surface area contributed by atoms with E-state index in [1.807, 2.05) is 0 Å². The number of carbonyl (C=O) groups excluding carboxylic acids is 2. The van der Waals surface area contributed by atoms with Gasteiger partial charge in [-0.3, -0.25) is 9.59 Å². The van der Waals surface area contributed by atoms with E-state index in [1.54, 1.807) is 0 Å². The third-order valence-electron chi connectivity index (χ3n) is 4.49. The predicted molar refractivity (Wildman–Crippen MR) is 98.2 cm³/mol. The minimum atomic E-state index is -3.41. The van der Waals surface area contributed by atoms with Gasteiger partial charge in [-0.25, -0.2) is 4.39 Å². The van der Waals surface area contributed by atoms with Crippen LogP contribution in [0.15, 0.2) is 24.3 Å². The summed E-state index contributed by atoms with van der Waals surface area (Å²) in [6.45, 7) is 1.22. The molecule has 1 fully saturated rings. The molecular weight excluding hydrogens is 375 g/mol. The largest absolute Gasteiger partial charge is 0.348 e. The smallest absolute Gasteiger partial charge is 0.309 e. The molecule has 1 aromatic rings. The summed E-state index contributed by atoms with van der Waals surface area (Å²) in [6, 6.07) is 5.63. The van der Waals surface area contributed by atoms with Crippen molar-refractivity contribution in [2.45, 2.75) is 19.4 Å². The van der Waals surface area contributed by atoms with Crippen LogP contribution in [-0.4, -0.2) is 62.6 Å². The maximum Gasteiger partial charge on any atom is 0.309 e. The fraction of sp³-hybridized carbons (Fsp3) is 0.529. The van der Waals surface area contributed by atoms with E-state index in [0.29, 0.717) is 38.0 Å². The molecule has 1 aliphatic rings. The van der Waals surface area contributed by atoms with Crippen molar-refractivity contribution in [1.29, 1.82) is 0 Å². The highest BCUT2D eigenvalue weighted by molar-refractivity contribution is 7.86. The van der Waals surface area contributed by atoms with Crippen molar-refractivity contribution < 1.29 is 22.4 Å². The third-order valence-corrected chi connectivity index (χ3v) is 6.43. The van der Waals surface area contributed by atoms with Crippen LogP contribution in [0.4, 0.5) is 4.39 Å². The second kappa shape index (κ2) is 9.25. The van der Waals surface area contributed by atoms with E-state index >= 15 is 0 Å². The van der Waals surface area contributed by atoms with E-state index in [-0.39, 0.29) is 18.3 Å². The van der Waals surface area contributed by atoms with E-state index in [9.17, 15) is 22.4 Å². The first-order valence-corrected chi connectivity index (χ1v) is 10.1. The molecule has 0 aliphatic carbocycles. The van der Waals surface area contributed by atoms with Gasteiger partial charge in [-0.15, -0.1) is 0 Å². The van der Waals surface area contributed by atoms with Crippen molar-refractivity contribution >= 4 is 22.0 Å². The van der Waals surface area contributed by atoms with E-state index in [2.05, 4.69) is 10.6 Å². The lowest BCUT2D eigenvalue weighted by Crippen LogP contribution is -2.47. The van der Waals surface area contributed by atoms with Crippen LogP contribution in [-0.2, 0) is 26.3 Å². The Morgan fingerprint density at radius 1 is 1.11 bits per heavy atom. The molecule has 0 radical (unpaired) electrons. The summed E-state index contributed by atoms with van der Waals surface area (Å²) in [5.74, 6) is -1.74. The Hall–Kier alpha value is -2.04. The highest BCUT2D eigenvalue weighted by Gasteiger charge is 2.29. The molecule has 0 atom stereocenters. The molecule has 150 valence electrons. The minimum Gasteiger partial charge on any atom is -0.348 e. The zero-order valence-electron chi connectivity index (χ0n) is 15.4. The lowest BCUT2D eigenvalue weighted by atomic mass is 9.98. The molecule has 0 spiro atoms. The third kappa shape index (κ3) is 5.98. The number of halogens is 1. The van der Waals surface area contributed by atoms with Crippen LogP contribution in [0.3, 0.4) is 0 Å². The summed E-state index contributed by atoms with van der Waals surface area (Å²) >= 11 is 0. The first-order chi connectivity index (χ1) is 12.7. The fourth-order valence-corrected chi connectivity index (χ4v) is 3.89. The highest BCUT2D eigenvalue weighted by Crippen LogP contribution is 2.19. The first-order valence-electron chi connectivity index (χ1n) is 8.68. The van der Waals surface area contributed by atoms with Gasteiger partial charge in [0.05, 0.1) is 0 Å². The number of piperidine rings is 1. The van der Waals surface area contributed by atoms with E-state index in [0.717, 1.165) is 0 Å². The van der Waals surface area contributed by atoms with Crippen LogP contribution in [0.25, 0.3) is 0 Å². The number of amides is 2. The van der Waals surface area contributed by atoms with Gasteiger partial charge in [0.2, 0.25) is 0 Å². The summed E-state index contributed by atoms with van der Waals surface area (Å²) in [5.41, 5.74) is 0.687. The normalized spacial score (nSPS) is 16.3. The van der Waals surface area contributed by atoms with Gasteiger partial charge < -0.3 is 10.6 Å². The zero-order valence-corrected chi connectivity index (χ0v) is 16.3. The molecule has 0 bridgehead atoms. The highest BCUT2D eigenvalue weighted by atomic mass is 32.2. The maximum absolute atomic E-state index is 12.8. The molecule has 2 amide bonds. The van der Waals surface area contributed by atoms with Crippen molar-refractivity contribution in [3.05, 3.63) is 35.6 Å². The van der Waals surface area contributed by atoms with Gasteiger partial charge in [0.1, 0.15) is 5.82 Å². The topological polar surface area (TPSA) is 98.8 Å². The summed E-state index contributed by atoms with van der Waals surface area (Å²) in [7, 11) is -0.428. The molecule has 10 heteroatoms. The molecule has 8 nitrogen and oxygen atoms in total. The predicted octanol–water partition coefficient (Wildman–Crippen LogP) is 0.0765. The van der Waals surface area contributed by atoms with Gasteiger partial charge in [-0.2, -0.15) is 17.0 Å². The molecule has 0 saturated carbocycles. The Morgan fingerprint density at radius 3 is 2.22 bits per heavy atom. The Labute approximate surface area is 158 Å². The van der Waals surface area contributed by atoms with E-state index in [4.69, 9.17) is 0 Å². The number of hydrogen-bond donors (Lipinski definition) is 2. The summed E-state index contributed by atoms with van der Waals surface area (Å²) in [5, 5.41) is 5.06. The second-order valence-electron chi connectivity index (χ2n) is 6.65. The van der Waals surface area contributed by atoms with Crippen LogP contribution < -0.4 is 10.6 Å².